The lowest BCUT2D eigenvalue weighted by Gasteiger charge is -2.15. The minimum Gasteiger partial charge on any atom is -0.508 e. The van der Waals surface area contributed by atoms with E-state index in [0.717, 1.165) is 23.1 Å². The normalized spacial score (nSPS) is 10.7. The third-order valence-electron chi connectivity index (χ3n) is 4.58. The van der Waals surface area contributed by atoms with Gasteiger partial charge in [0.15, 0.2) is 6.61 Å². The van der Waals surface area contributed by atoms with Crippen LogP contribution in [0.25, 0.3) is 0 Å². The van der Waals surface area contributed by atoms with Gasteiger partial charge < -0.3 is 15.2 Å². The summed E-state index contributed by atoms with van der Waals surface area (Å²) in [5.74, 6) is 1.14. The van der Waals surface area contributed by atoms with Crippen molar-refractivity contribution in [3.05, 3.63) is 70.8 Å². The van der Waals surface area contributed by atoms with E-state index in [4.69, 9.17) is 4.74 Å². The van der Waals surface area contributed by atoms with Crippen LogP contribution in [0.4, 0.5) is 0 Å². The number of nitrogens with one attached hydrogen (secondary N) is 1. The van der Waals surface area contributed by atoms with E-state index in [2.05, 4.69) is 45.7 Å². The minimum atomic E-state index is -0.167. The van der Waals surface area contributed by atoms with E-state index in [9.17, 15) is 9.90 Å². The molecular formula is C23H29NO3. The maximum absolute atomic E-state index is 11.7. The van der Waals surface area contributed by atoms with E-state index in [1.54, 1.807) is 12.1 Å². The number of carbonyl (C=O) groups excluding carboxylic acids is 1. The van der Waals surface area contributed by atoms with Crippen molar-refractivity contribution in [1.29, 1.82) is 0 Å². The summed E-state index contributed by atoms with van der Waals surface area (Å²) in [6, 6.07) is 9.75. The Morgan fingerprint density at radius 3 is 2.48 bits per heavy atom. The molecule has 0 aromatic heterocycles. The van der Waals surface area contributed by atoms with E-state index in [1.807, 2.05) is 18.2 Å². The molecule has 0 spiro atoms. The van der Waals surface area contributed by atoms with Gasteiger partial charge >= 0.3 is 0 Å². The molecule has 2 N–H and O–H groups in total. The maximum atomic E-state index is 11.7. The van der Waals surface area contributed by atoms with Crippen molar-refractivity contribution in [3.63, 3.8) is 0 Å². The number of hydrogen-bond acceptors (Lipinski definition) is 3. The van der Waals surface area contributed by atoms with Gasteiger partial charge in [0.1, 0.15) is 11.5 Å². The van der Waals surface area contributed by atoms with Crippen molar-refractivity contribution >= 4 is 5.91 Å². The molecule has 0 heterocycles. The molecule has 0 aliphatic carbocycles. The summed E-state index contributed by atoms with van der Waals surface area (Å²) in [6.07, 6.45) is 2.42. The average Bonchev–Trinajstić information content (AvgIpc) is 2.62. The predicted octanol–water partition coefficient (Wildman–Crippen LogP) is 4.40. The standard InChI is InChI=1S/C23H29NO3/c1-6-9-24-23(26)14-27-19-10-16(4)21(17(5)11-19)13-18-7-8-22(25)20(12-18)15(2)3/h6-8,10-12,15,25H,1,9,13-14H2,2-5H3,(H,24,26). The predicted molar refractivity (Wildman–Crippen MR) is 110 cm³/mol. The molecule has 0 aliphatic heterocycles. The van der Waals surface area contributed by atoms with Crippen molar-refractivity contribution in [2.45, 2.75) is 40.0 Å². The van der Waals surface area contributed by atoms with Gasteiger partial charge in [-0.2, -0.15) is 0 Å². The van der Waals surface area contributed by atoms with Gasteiger partial charge in [0.2, 0.25) is 0 Å². The Bertz CT molecular complexity index is 801. The molecule has 1 amide bonds. The number of phenols is 1. The van der Waals surface area contributed by atoms with E-state index in [-0.39, 0.29) is 18.4 Å². The van der Waals surface area contributed by atoms with Crippen LogP contribution in [0.2, 0.25) is 0 Å². The number of phenolic OH excluding ortho intramolecular Hbond substituents is 1. The molecule has 0 atom stereocenters. The monoisotopic (exact) mass is 367 g/mol. The first kappa shape index (κ1) is 20.6. The van der Waals surface area contributed by atoms with Crippen molar-refractivity contribution in [2.24, 2.45) is 0 Å². The molecule has 0 bridgehead atoms. The Balaban J connectivity index is 2.14. The Hall–Kier alpha value is -2.75. The smallest absolute Gasteiger partial charge is 0.258 e. The zero-order valence-corrected chi connectivity index (χ0v) is 16.6. The summed E-state index contributed by atoms with van der Waals surface area (Å²) >= 11 is 0. The quantitative estimate of drug-likeness (QED) is 0.680. The number of hydrogen-bond donors (Lipinski definition) is 2. The molecule has 27 heavy (non-hydrogen) atoms. The van der Waals surface area contributed by atoms with Crippen molar-refractivity contribution in [2.75, 3.05) is 13.2 Å². The van der Waals surface area contributed by atoms with Crippen LogP contribution in [0, 0.1) is 13.8 Å². The minimum absolute atomic E-state index is 0.0121. The highest BCUT2D eigenvalue weighted by Crippen LogP contribution is 2.29. The SMILES string of the molecule is C=CCNC(=O)COc1cc(C)c(Cc2ccc(O)c(C(C)C)c2)c(C)c1. The first-order chi connectivity index (χ1) is 12.8. The number of amides is 1. The highest BCUT2D eigenvalue weighted by molar-refractivity contribution is 5.77. The van der Waals surface area contributed by atoms with Crippen LogP contribution in [-0.2, 0) is 11.2 Å². The lowest BCUT2D eigenvalue weighted by Crippen LogP contribution is -2.28. The zero-order valence-electron chi connectivity index (χ0n) is 16.6. The summed E-state index contributed by atoms with van der Waals surface area (Å²) in [4.78, 5) is 11.7. The number of benzene rings is 2. The van der Waals surface area contributed by atoms with Gasteiger partial charge in [0, 0.05) is 6.54 Å². The summed E-state index contributed by atoms with van der Waals surface area (Å²) in [6.45, 7) is 12.2. The molecule has 2 aromatic carbocycles. The molecule has 0 saturated carbocycles. The highest BCUT2D eigenvalue weighted by atomic mass is 16.5. The van der Waals surface area contributed by atoms with Crippen molar-refractivity contribution < 1.29 is 14.6 Å². The number of aromatic hydroxyl groups is 1. The van der Waals surface area contributed by atoms with E-state index < -0.39 is 0 Å². The van der Waals surface area contributed by atoms with Crippen LogP contribution >= 0.6 is 0 Å². The number of carbonyl (C=O) groups is 1. The van der Waals surface area contributed by atoms with Gasteiger partial charge in [-0.25, -0.2) is 0 Å². The van der Waals surface area contributed by atoms with Crippen LogP contribution < -0.4 is 10.1 Å². The largest absolute Gasteiger partial charge is 0.508 e. The van der Waals surface area contributed by atoms with Crippen LogP contribution in [-0.4, -0.2) is 24.2 Å². The Morgan fingerprint density at radius 1 is 1.22 bits per heavy atom. The van der Waals surface area contributed by atoms with Gasteiger partial charge in [-0.05, 0) is 72.2 Å². The van der Waals surface area contributed by atoms with E-state index in [1.165, 1.54) is 11.1 Å². The van der Waals surface area contributed by atoms with Gasteiger partial charge in [-0.3, -0.25) is 4.79 Å². The summed E-state index contributed by atoms with van der Waals surface area (Å²) in [7, 11) is 0. The van der Waals surface area contributed by atoms with Crippen molar-refractivity contribution in [3.8, 4) is 11.5 Å². The fraction of sp³-hybridized carbons (Fsp3) is 0.348. The molecule has 2 aromatic rings. The molecule has 144 valence electrons. The third-order valence-corrected chi connectivity index (χ3v) is 4.58. The number of rotatable bonds is 8. The fourth-order valence-corrected chi connectivity index (χ4v) is 3.08. The Labute approximate surface area is 161 Å². The first-order valence-corrected chi connectivity index (χ1v) is 9.24. The Morgan fingerprint density at radius 2 is 1.89 bits per heavy atom. The second-order valence-electron chi connectivity index (χ2n) is 7.14. The van der Waals surface area contributed by atoms with Gasteiger partial charge in [0.25, 0.3) is 5.91 Å². The number of aryl methyl sites for hydroxylation is 2. The number of ether oxygens (including phenoxy) is 1. The van der Waals surface area contributed by atoms with Gasteiger partial charge in [-0.1, -0.05) is 32.1 Å². The molecule has 2 rings (SSSR count). The average molecular weight is 367 g/mol. The summed E-state index contributed by atoms with van der Waals surface area (Å²) in [5.41, 5.74) is 5.61. The van der Waals surface area contributed by atoms with Gasteiger partial charge in [-0.15, -0.1) is 6.58 Å². The van der Waals surface area contributed by atoms with Gasteiger partial charge in [0.05, 0.1) is 0 Å². The highest BCUT2D eigenvalue weighted by Gasteiger charge is 2.11. The molecule has 4 nitrogen and oxygen atoms in total. The second kappa shape index (κ2) is 9.26. The fourth-order valence-electron chi connectivity index (χ4n) is 3.08. The van der Waals surface area contributed by atoms with Crippen molar-refractivity contribution in [1.82, 2.24) is 5.32 Å². The molecular weight excluding hydrogens is 338 g/mol. The molecule has 0 fully saturated rings. The molecule has 0 aliphatic rings. The Kier molecular flexibility index (Phi) is 7.05. The van der Waals surface area contributed by atoms with Crippen LogP contribution in [0.1, 0.15) is 47.6 Å². The van der Waals surface area contributed by atoms with Crippen LogP contribution in [0.3, 0.4) is 0 Å². The van der Waals surface area contributed by atoms with Crippen LogP contribution in [0.5, 0.6) is 11.5 Å². The maximum Gasteiger partial charge on any atom is 0.258 e. The third kappa shape index (κ3) is 5.61. The van der Waals surface area contributed by atoms with E-state index >= 15 is 0 Å². The first-order valence-electron chi connectivity index (χ1n) is 9.24. The topological polar surface area (TPSA) is 58.6 Å². The summed E-state index contributed by atoms with van der Waals surface area (Å²) < 4.78 is 5.62. The lowest BCUT2D eigenvalue weighted by atomic mass is 9.93. The molecule has 0 saturated heterocycles. The molecule has 4 heteroatoms. The van der Waals surface area contributed by atoms with E-state index in [0.29, 0.717) is 18.0 Å². The second-order valence-corrected chi connectivity index (χ2v) is 7.14. The summed E-state index contributed by atoms with van der Waals surface area (Å²) in [5, 5.41) is 12.7. The molecule has 0 radical (unpaired) electrons. The zero-order chi connectivity index (χ0) is 20.0. The van der Waals surface area contributed by atoms with Crippen LogP contribution in [0.15, 0.2) is 43.0 Å². The molecule has 0 unspecified atom stereocenters. The lowest BCUT2D eigenvalue weighted by molar-refractivity contribution is -0.122.